The van der Waals surface area contributed by atoms with Crippen molar-refractivity contribution in [2.24, 2.45) is 11.7 Å². The molecule has 0 aromatic carbocycles. The Labute approximate surface area is 99.3 Å². The molecule has 1 aromatic heterocycles. The van der Waals surface area contributed by atoms with Crippen molar-refractivity contribution in [1.82, 2.24) is 10.3 Å². The van der Waals surface area contributed by atoms with E-state index in [1.165, 1.54) is 11.3 Å². The largest absolute Gasteiger partial charge is 0.348 e. The molecule has 1 aliphatic rings. The van der Waals surface area contributed by atoms with Crippen LogP contribution >= 0.6 is 11.3 Å². The van der Waals surface area contributed by atoms with Gasteiger partial charge >= 0.3 is 0 Å². The number of thiazole rings is 1. The predicted octanol–water partition coefficient (Wildman–Crippen LogP) is 1.69. The highest BCUT2D eigenvalue weighted by Crippen LogP contribution is 2.33. The first kappa shape index (κ1) is 11.5. The fourth-order valence-corrected chi connectivity index (χ4v) is 2.48. The quantitative estimate of drug-likeness (QED) is 0.840. The Bertz CT molecular complexity index is 388. The second-order valence-electron chi connectivity index (χ2n) is 4.34. The summed E-state index contributed by atoms with van der Waals surface area (Å²) in [5, 5.41) is 5.58. The smallest absolute Gasteiger partial charge is 0.270 e. The first-order valence-electron chi connectivity index (χ1n) is 5.63. The molecule has 0 radical (unpaired) electrons. The van der Waals surface area contributed by atoms with Crippen molar-refractivity contribution in [3.63, 3.8) is 0 Å². The lowest BCUT2D eigenvalue weighted by Crippen LogP contribution is -2.27. The lowest BCUT2D eigenvalue weighted by atomic mass is 10.3. The molecule has 5 heteroatoms. The van der Waals surface area contributed by atoms with Gasteiger partial charge in [0.05, 0.1) is 6.04 Å². The molecule has 1 heterocycles. The lowest BCUT2D eigenvalue weighted by Gasteiger charge is -2.01. The average Bonchev–Trinajstić information content (AvgIpc) is 2.80. The first-order chi connectivity index (χ1) is 7.61. The van der Waals surface area contributed by atoms with Crippen LogP contribution in [0.2, 0.25) is 0 Å². The monoisotopic (exact) mass is 239 g/mol. The minimum atomic E-state index is -0.101. The summed E-state index contributed by atoms with van der Waals surface area (Å²) in [6.45, 7) is 4.02. The van der Waals surface area contributed by atoms with E-state index in [1.54, 1.807) is 5.38 Å². The van der Waals surface area contributed by atoms with Crippen molar-refractivity contribution < 1.29 is 4.79 Å². The van der Waals surface area contributed by atoms with Crippen molar-refractivity contribution in [1.29, 1.82) is 0 Å². The molecule has 0 saturated heterocycles. The summed E-state index contributed by atoms with van der Waals surface area (Å²) in [6, 6.07) is 0.258. The van der Waals surface area contributed by atoms with Gasteiger partial charge in [0.25, 0.3) is 5.91 Å². The molecular weight excluding hydrogens is 222 g/mol. The molecule has 1 aliphatic carbocycles. The Kier molecular flexibility index (Phi) is 3.25. The van der Waals surface area contributed by atoms with E-state index < -0.39 is 0 Å². The minimum absolute atomic E-state index is 0.0656. The number of amides is 1. The second kappa shape index (κ2) is 4.51. The highest BCUT2D eigenvalue weighted by molar-refractivity contribution is 7.09. The normalized spacial score (nSPS) is 25.2. The molecule has 1 amide bonds. The Morgan fingerprint density at radius 2 is 2.56 bits per heavy atom. The van der Waals surface area contributed by atoms with E-state index in [2.05, 4.69) is 17.2 Å². The number of nitrogens with one attached hydrogen (secondary N) is 1. The number of carbonyl (C=O) groups excluding carboxylic acids is 1. The zero-order chi connectivity index (χ0) is 11.7. The predicted molar refractivity (Wildman–Crippen MR) is 64.4 cm³/mol. The molecule has 88 valence electrons. The zero-order valence-electron chi connectivity index (χ0n) is 9.56. The molecular formula is C11H17N3OS. The topological polar surface area (TPSA) is 68.0 Å². The van der Waals surface area contributed by atoms with Crippen molar-refractivity contribution in [2.75, 3.05) is 0 Å². The first-order valence-corrected chi connectivity index (χ1v) is 6.51. The number of rotatable bonds is 4. The summed E-state index contributed by atoms with van der Waals surface area (Å²) < 4.78 is 0. The molecule has 3 unspecified atom stereocenters. The zero-order valence-corrected chi connectivity index (χ0v) is 10.4. The summed E-state index contributed by atoms with van der Waals surface area (Å²) in [5.74, 6) is 0.597. The molecule has 1 aromatic rings. The van der Waals surface area contributed by atoms with Gasteiger partial charge in [-0.2, -0.15) is 0 Å². The summed E-state index contributed by atoms with van der Waals surface area (Å²) in [4.78, 5) is 16.0. The van der Waals surface area contributed by atoms with Crippen molar-refractivity contribution in [3.8, 4) is 0 Å². The molecule has 3 atom stereocenters. The van der Waals surface area contributed by atoms with E-state index >= 15 is 0 Å². The van der Waals surface area contributed by atoms with E-state index in [4.69, 9.17) is 5.73 Å². The fourth-order valence-electron chi connectivity index (χ4n) is 1.72. The summed E-state index contributed by atoms with van der Waals surface area (Å²) >= 11 is 1.44. The summed E-state index contributed by atoms with van der Waals surface area (Å²) in [6.07, 6.45) is 2.24. The average molecular weight is 239 g/mol. The molecule has 0 aliphatic heterocycles. The Morgan fingerprint density at radius 3 is 3.06 bits per heavy atom. The lowest BCUT2D eigenvalue weighted by molar-refractivity contribution is 0.0944. The highest BCUT2D eigenvalue weighted by Gasteiger charge is 2.36. The van der Waals surface area contributed by atoms with Crippen LogP contribution in [0, 0.1) is 5.92 Å². The Hall–Kier alpha value is -0.940. The maximum absolute atomic E-state index is 11.8. The van der Waals surface area contributed by atoms with Crippen molar-refractivity contribution in [2.45, 2.75) is 38.8 Å². The van der Waals surface area contributed by atoms with Crippen LogP contribution in [0.15, 0.2) is 5.38 Å². The molecule has 4 nitrogen and oxygen atoms in total. The van der Waals surface area contributed by atoms with E-state index in [0.29, 0.717) is 17.7 Å². The molecule has 16 heavy (non-hydrogen) atoms. The van der Waals surface area contributed by atoms with Crippen LogP contribution in [0.5, 0.6) is 0 Å². The number of aromatic nitrogens is 1. The second-order valence-corrected chi connectivity index (χ2v) is 5.23. The number of nitrogens with two attached hydrogens (primary N) is 1. The Balaban J connectivity index is 1.93. The molecule has 2 rings (SSSR count). The van der Waals surface area contributed by atoms with Crippen LogP contribution in [-0.2, 0) is 0 Å². The van der Waals surface area contributed by atoms with Gasteiger partial charge in [0, 0.05) is 11.4 Å². The molecule has 1 fully saturated rings. The summed E-state index contributed by atoms with van der Waals surface area (Å²) in [5.41, 5.74) is 6.20. The van der Waals surface area contributed by atoms with Crippen LogP contribution in [0.3, 0.4) is 0 Å². The molecule has 3 N–H and O–H groups in total. The van der Waals surface area contributed by atoms with Gasteiger partial charge in [0.15, 0.2) is 0 Å². The number of hydrogen-bond acceptors (Lipinski definition) is 4. The van der Waals surface area contributed by atoms with Gasteiger partial charge in [-0.3, -0.25) is 4.79 Å². The Morgan fingerprint density at radius 1 is 1.81 bits per heavy atom. The maximum Gasteiger partial charge on any atom is 0.270 e. The SMILES string of the molecule is CCC1CC1NC(=O)c1csc(C(C)N)n1. The standard InChI is InChI=1S/C11H17N3OS/c1-3-7-4-8(7)13-10(15)9-5-16-11(14-9)6(2)12/h5-8H,3-4,12H2,1-2H3,(H,13,15). The van der Waals surface area contributed by atoms with Crippen LogP contribution in [0.4, 0.5) is 0 Å². The van der Waals surface area contributed by atoms with Gasteiger partial charge in [0.1, 0.15) is 10.7 Å². The van der Waals surface area contributed by atoms with E-state index in [-0.39, 0.29) is 11.9 Å². The minimum Gasteiger partial charge on any atom is -0.348 e. The van der Waals surface area contributed by atoms with E-state index in [0.717, 1.165) is 17.8 Å². The van der Waals surface area contributed by atoms with Crippen LogP contribution in [0.1, 0.15) is 48.2 Å². The third-order valence-corrected chi connectivity index (χ3v) is 3.95. The van der Waals surface area contributed by atoms with Gasteiger partial charge in [0.2, 0.25) is 0 Å². The molecule has 0 bridgehead atoms. The van der Waals surface area contributed by atoms with Gasteiger partial charge in [-0.05, 0) is 19.3 Å². The molecule has 1 saturated carbocycles. The van der Waals surface area contributed by atoms with Gasteiger partial charge in [-0.15, -0.1) is 11.3 Å². The number of hydrogen-bond donors (Lipinski definition) is 2. The van der Waals surface area contributed by atoms with Gasteiger partial charge in [-0.1, -0.05) is 13.3 Å². The molecule has 0 spiro atoms. The van der Waals surface area contributed by atoms with E-state index in [9.17, 15) is 4.79 Å². The third kappa shape index (κ3) is 2.41. The maximum atomic E-state index is 11.8. The number of carbonyl (C=O) groups is 1. The van der Waals surface area contributed by atoms with E-state index in [1.807, 2.05) is 6.92 Å². The van der Waals surface area contributed by atoms with Gasteiger partial charge in [-0.25, -0.2) is 4.98 Å². The van der Waals surface area contributed by atoms with Crippen molar-refractivity contribution in [3.05, 3.63) is 16.1 Å². The van der Waals surface area contributed by atoms with Crippen LogP contribution in [-0.4, -0.2) is 16.9 Å². The third-order valence-electron chi connectivity index (χ3n) is 2.91. The highest BCUT2D eigenvalue weighted by atomic mass is 32.1. The van der Waals surface area contributed by atoms with Crippen LogP contribution < -0.4 is 11.1 Å². The number of nitrogens with zero attached hydrogens (tertiary/aromatic N) is 1. The fraction of sp³-hybridized carbons (Fsp3) is 0.636. The van der Waals surface area contributed by atoms with Crippen molar-refractivity contribution >= 4 is 17.2 Å². The van der Waals surface area contributed by atoms with Gasteiger partial charge < -0.3 is 11.1 Å². The summed E-state index contributed by atoms with van der Waals surface area (Å²) in [7, 11) is 0. The van der Waals surface area contributed by atoms with Crippen LogP contribution in [0.25, 0.3) is 0 Å².